The van der Waals surface area contributed by atoms with Crippen molar-refractivity contribution in [1.29, 1.82) is 0 Å². The second kappa shape index (κ2) is 8.24. The molecule has 0 saturated heterocycles. The van der Waals surface area contributed by atoms with Gasteiger partial charge in [0.1, 0.15) is 0 Å². The minimum Gasteiger partial charge on any atom is -0.493 e. The van der Waals surface area contributed by atoms with Gasteiger partial charge in [0, 0.05) is 11.5 Å². The number of allylic oxidation sites excluding steroid dienone is 2. The van der Waals surface area contributed by atoms with Crippen molar-refractivity contribution in [2.45, 2.75) is 19.3 Å². The smallest absolute Gasteiger partial charge is 0.269 e. The van der Waals surface area contributed by atoms with E-state index >= 15 is 0 Å². The molecule has 1 unspecified atom stereocenters. The van der Waals surface area contributed by atoms with Crippen LogP contribution in [-0.4, -0.2) is 33.1 Å². The zero-order valence-electron chi connectivity index (χ0n) is 14.0. The number of rotatable bonds is 5. The Morgan fingerprint density at radius 1 is 1.00 bits per heavy atom. The van der Waals surface area contributed by atoms with Crippen LogP contribution in [0, 0.1) is 5.92 Å². The van der Waals surface area contributed by atoms with E-state index in [1.54, 1.807) is 0 Å². The molecule has 7 nitrogen and oxygen atoms in total. The van der Waals surface area contributed by atoms with Crippen molar-refractivity contribution in [3.05, 3.63) is 29.8 Å². The first-order valence-electron chi connectivity index (χ1n) is 7.66. The van der Waals surface area contributed by atoms with Crippen LogP contribution >= 0.6 is 0 Å². The monoisotopic (exact) mass is 334 g/mol. The summed E-state index contributed by atoms with van der Waals surface area (Å²) in [5.74, 6) is 0.357. The number of methoxy groups -OCH3 is 3. The molecule has 0 aromatic heterocycles. The van der Waals surface area contributed by atoms with Gasteiger partial charge in [-0.1, -0.05) is 12.2 Å². The van der Waals surface area contributed by atoms with Crippen LogP contribution in [0.1, 0.15) is 29.6 Å². The third kappa shape index (κ3) is 3.98. The highest BCUT2D eigenvalue weighted by molar-refractivity contribution is 5.96. The Morgan fingerprint density at radius 3 is 2.17 bits per heavy atom. The summed E-state index contributed by atoms with van der Waals surface area (Å²) in [6, 6.07) is 3.04. The summed E-state index contributed by atoms with van der Waals surface area (Å²) in [6.45, 7) is 0. The van der Waals surface area contributed by atoms with Crippen LogP contribution < -0.4 is 25.1 Å². The number of hydrogen-bond acceptors (Lipinski definition) is 5. The highest BCUT2D eigenvalue weighted by Crippen LogP contribution is 2.38. The Morgan fingerprint density at radius 2 is 1.67 bits per heavy atom. The lowest BCUT2D eigenvalue weighted by Crippen LogP contribution is -2.44. The maximum atomic E-state index is 12.3. The van der Waals surface area contributed by atoms with Gasteiger partial charge in [-0.05, 0) is 31.4 Å². The molecule has 0 aliphatic heterocycles. The maximum absolute atomic E-state index is 12.3. The van der Waals surface area contributed by atoms with Gasteiger partial charge in [0.15, 0.2) is 11.5 Å². The van der Waals surface area contributed by atoms with Crippen LogP contribution in [0.4, 0.5) is 0 Å². The molecule has 1 aromatic rings. The molecule has 0 heterocycles. The summed E-state index contributed by atoms with van der Waals surface area (Å²) in [6.07, 6.45) is 6.38. The molecule has 1 aromatic carbocycles. The average molecular weight is 334 g/mol. The van der Waals surface area contributed by atoms with Gasteiger partial charge in [0.2, 0.25) is 11.7 Å². The third-order valence-electron chi connectivity index (χ3n) is 3.87. The molecule has 1 aliphatic rings. The largest absolute Gasteiger partial charge is 0.493 e. The molecule has 24 heavy (non-hydrogen) atoms. The summed E-state index contributed by atoms with van der Waals surface area (Å²) < 4.78 is 15.6. The number of ether oxygens (including phenoxy) is 3. The van der Waals surface area contributed by atoms with E-state index < -0.39 is 5.91 Å². The van der Waals surface area contributed by atoms with E-state index in [2.05, 4.69) is 16.9 Å². The normalized spacial score (nSPS) is 16.2. The highest BCUT2D eigenvalue weighted by atomic mass is 16.5. The third-order valence-corrected chi connectivity index (χ3v) is 3.87. The topological polar surface area (TPSA) is 85.9 Å². The molecule has 0 radical (unpaired) electrons. The van der Waals surface area contributed by atoms with E-state index in [1.807, 2.05) is 6.08 Å². The van der Waals surface area contributed by atoms with E-state index in [9.17, 15) is 9.59 Å². The quantitative estimate of drug-likeness (QED) is 0.634. The minimum absolute atomic E-state index is 0.116. The van der Waals surface area contributed by atoms with Crippen molar-refractivity contribution in [3.8, 4) is 17.2 Å². The van der Waals surface area contributed by atoms with Crippen LogP contribution in [0.25, 0.3) is 0 Å². The van der Waals surface area contributed by atoms with Crippen LogP contribution in [0.15, 0.2) is 24.3 Å². The first-order chi connectivity index (χ1) is 11.6. The van der Waals surface area contributed by atoms with Crippen molar-refractivity contribution in [2.75, 3.05) is 21.3 Å². The number of hydrazine groups is 1. The maximum Gasteiger partial charge on any atom is 0.269 e. The zero-order chi connectivity index (χ0) is 17.5. The highest BCUT2D eigenvalue weighted by Gasteiger charge is 2.20. The van der Waals surface area contributed by atoms with Crippen molar-refractivity contribution < 1.29 is 23.8 Å². The average Bonchev–Trinajstić information content (AvgIpc) is 2.65. The molecule has 130 valence electrons. The number of nitrogens with one attached hydrogen (secondary N) is 2. The Bertz CT molecular complexity index is 617. The lowest BCUT2D eigenvalue weighted by atomic mass is 9.94. The molecule has 0 saturated carbocycles. The predicted molar refractivity (Wildman–Crippen MR) is 88.2 cm³/mol. The van der Waals surface area contributed by atoms with Gasteiger partial charge >= 0.3 is 0 Å². The number of hydrogen-bond donors (Lipinski definition) is 2. The Kier molecular flexibility index (Phi) is 6.06. The SMILES string of the molecule is COc1cc(C(=O)NNC(=O)C2CC=CCC2)cc(OC)c1OC. The molecule has 7 heteroatoms. The van der Waals surface area contributed by atoms with Crippen LogP contribution in [0.2, 0.25) is 0 Å². The summed E-state index contributed by atoms with van der Waals surface area (Å²) in [5.41, 5.74) is 5.18. The van der Waals surface area contributed by atoms with Crippen LogP contribution in [0.3, 0.4) is 0 Å². The first-order valence-corrected chi connectivity index (χ1v) is 7.66. The first kappa shape index (κ1) is 17.7. The molecular weight excluding hydrogens is 312 g/mol. The zero-order valence-corrected chi connectivity index (χ0v) is 14.0. The van der Waals surface area contributed by atoms with Gasteiger partial charge in [-0.2, -0.15) is 0 Å². The fourth-order valence-electron chi connectivity index (χ4n) is 2.54. The van der Waals surface area contributed by atoms with Crippen LogP contribution in [-0.2, 0) is 4.79 Å². The summed E-state index contributed by atoms with van der Waals surface area (Å²) in [7, 11) is 4.42. The van der Waals surface area contributed by atoms with Gasteiger partial charge < -0.3 is 14.2 Å². The van der Waals surface area contributed by atoms with Crippen molar-refractivity contribution in [3.63, 3.8) is 0 Å². The van der Waals surface area contributed by atoms with Gasteiger partial charge in [-0.25, -0.2) is 0 Å². The second-order valence-corrected chi connectivity index (χ2v) is 5.34. The Balaban J connectivity index is 2.06. The van der Waals surface area contributed by atoms with Crippen molar-refractivity contribution in [2.24, 2.45) is 5.92 Å². The minimum atomic E-state index is -0.464. The van der Waals surface area contributed by atoms with Gasteiger partial charge in [0.05, 0.1) is 21.3 Å². The number of carbonyl (C=O) groups excluding carboxylic acids is 2. The molecule has 0 fully saturated rings. The van der Waals surface area contributed by atoms with E-state index in [4.69, 9.17) is 14.2 Å². The fraction of sp³-hybridized carbons (Fsp3) is 0.412. The van der Waals surface area contributed by atoms with Gasteiger partial charge in [-0.3, -0.25) is 20.4 Å². The second-order valence-electron chi connectivity index (χ2n) is 5.34. The molecule has 0 bridgehead atoms. The fourth-order valence-corrected chi connectivity index (χ4v) is 2.54. The lowest BCUT2D eigenvalue weighted by molar-refractivity contribution is -0.126. The lowest BCUT2D eigenvalue weighted by Gasteiger charge is -2.18. The van der Waals surface area contributed by atoms with Gasteiger partial charge in [0.25, 0.3) is 5.91 Å². The number of carbonyl (C=O) groups is 2. The molecule has 0 spiro atoms. The molecule has 1 aliphatic carbocycles. The summed E-state index contributed by atoms with van der Waals surface area (Å²) in [5, 5.41) is 0. The molecule has 2 rings (SSSR count). The Hall–Kier alpha value is -2.70. The number of amides is 2. The number of benzene rings is 1. The van der Waals surface area contributed by atoms with E-state index in [1.165, 1.54) is 33.5 Å². The molecular formula is C17H22N2O5. The molecule has 2 amide bonds. The standard InChI is InChI=1S/C17H22N2O5/c1-22-13-9-12(10-14(23-2)15(13)24-3)17(21)19-18-16(20)11-7-5-4-6-8-11/h4-5,9-11H,6-8H2,1-3H3,(H,18,20)(H,19,21). The van der Waals surface area contributed by atoms with Crippen molar-refractivity contribution >= 4 is 11.8 Å². The Labute approximate surface area is 140 Å². The molecule has 2 N–H and O–H groups in total. The predicted octanol–water partition coefficient (Wildman–Crippen LogP) is 1.83. The van der Waals surface area contributed by atoms with Crippen LogP contribution in [0.5, 0.6) is 17.2 Å². The van der Waals surface area contributed by atoms with Gasteiger partial charge in [-0.15, -0.1) is 0 Å². The molecule has 1 atom stereocenters. The summed E-state index contributed by atoms with van der Waals surface area (Å²) >= 11 is 0. The van der Waals surface area contributed by atoms with E-state index in [0.717, 1.165) is 12.8 Å². The van der Waals surface area contributed by atoms with E-state index in [0.29, 0.717) is 23.7 Å². The van der Waals surface area contributed by atoms with E-state index in [-0.39, 0.29) is 17.4 Å². The van der Waals surface area contributed by atoms with Crippen molar-refractivity contribution in [1.82, 2.24) is 10.9 Å². The summed E-state index contributed by atoms with van der Waals surface area (Å²) in [4.78, 5) is 24.3.